The maximum Gasteiger partial charge on any atom is 0.141 e. The normalized spacial score (nSPS) is 13.7. The van der Waals surface area contributed by atoms with E-state index in [1.807, 2.05) is 38.1 Å². The van der Waals surface area contributed by atoms with Crippen LogP contribution < -0.4 is 10.1 Å². The number of pyridine rings is 1. The fourth-order valence-corrected chi connectivity index (χ4v) is 2.22. The van der Waals surface area contributed by atoms with Crippen LogP contribution >= 0.6 is 0 Å². The second kappa shape index (κ2) is 7.18. The molecule has 1 heterocycles. The third kappa shape index (κ3) is 4.26. The molecular formula is C17H21FN2O. The molecule has 1 aromatic heterocycles. The van der Waals surface area contributed by atoms with Crippen molar-refractivity contribution < 1.29 is 9.13 Å². The molecular weight excluding hydrogens is 267 g/mol. The average molecular weight is 288 g/mol. The summed E-state index contributed by atoms with van der Waals surface area (Å²) in [4.78, 5) is 4.11. The van der Waals surface area contributed by atoms with Crippen molar-refractivity contribution in [2.45, 2.75) is 32.9 Å². The predicted octanol–water partition coefficient (Wildman–Crippen LogP) is 4.03. The molecule has 0 aliphatic heterocycles. The van der Waals surface area contributed by atoms with Gasteiger partial charge in [-0.2, -0.15) is 0 Å². The zero-order valence-corrected chi connectivity index (χ0v) is 12.6. The van der Waals surface area contributed by atoms with Gasteiger partial charge in [-0.1, -0.05) is 12.1 Å². The first-order chi connectivity index (χ1) is 10.1. The third-order valence-electron chi connectivity index (χ3n) is 3.39. The summed E-state index contributed by atoms with van der Waals surface area (Å²) in [5, 5.41) is 3.46. The summed E-state index contributed by atoms with van der Waals surface area (Å²) in [5.74, 6) is 0.562. The van der Waals surface area contributed by atoms with Crippen LogP contribution in [-0.2, 0) is 0 Å². The van der Waals surface area contributed by atoms with Gasteiger partial charge in [0.05, 0.1) is 18.5 Å². The molecule has 2 atom stereocenters. The number of nitrogens with zero attached hydrogens (tertiary/aromatic N) is 1. The topological polar surface area (TPSA) is 34.1 Å². The van der Waals surface area contributed by atoms with Gasteiger partial charge in [-0.3, -0.25) is 4.98 Å². The molecule has 0 saturated heterocycles. The summed E-state index contributed by atoms with van der Waals surface area (Å²) in [6, 6.07) is 11.4. The lowest BCUT2D eigenvalue weighted by atomic mass is 10.1. The average Bonchev–Trinajstić information content (AvgIpc) is 2.49. The van der Waals surface area contributed by atoms with Gasteiger partial charge in [0, 0.05) is 12.1 Å². The summed E-state index contributed by atoms with van der Waals surface area (Å²) in [7, 11) is 0. The molecule has 0 amide bonds. The molecule has 0 aliphatic rings. The number of rotatable bonds is 6. The number of nitrogens with one attached hydrogen (secondary N) is 1. The number of ether oxygens (including phenoxy) is 1. The SMILES string of the molecule is CCOc1ccc(C(C)NC(C)c2ccc(F)cn2)cc1. The Morgan fingerprint density at radius 3 is 2.38 bits per heavy atom. The van der Waals surface area contributed by atoms with E-state index in [2.05, 4.69) is 17.2 Å². The van der Waals surface area contributed by atoms with E-state index in [4.69, 9.17) is 4.74 Å². The van der Waals surface area contributed by atoms with E-state index in [0.717, 1.165) is 11.4 Å². The summed E-state index contributed by atoms with van der Waals surface area (Å²) in [6.07, 6.45) is 1.25. The molecule has 0 saturated carbocycles. The minimum atomic E-state index is -0.314. The second-order valence-electron chi connectivity index (χ2n) is 5.01. The molecule has 0 fully saturated rings. The van der Waals surface area contributed by atoms with Gasteiger partial charge in [0.15, 0.2) is 0 Å². The second-order valence-corrected chi connectivity index (χ2v) is 5.01. The van der Waals surface area contributed by atoms with E-state index >= 15 is 0 Å². The number of aromatic nitrogens is 1. The lowest BCUT2D eigenvalue weighted by Crippen LogP contribution is -2.23. The minimum Gasteiger partial charge on any atom is -0.494 e. The largest absolute Gasteiger partial charge is 0.494 e. The first-order valence-electron chi connectivity index (χ1n) is 7.20. The van der Waals surface area contributed by atoms with Gasteiger partial charge >= 0.3 is 0 Å². The Kier molecular flexibility index (Phi) is 5.28. The van der Waals surface area contributed by atoms with Crippen molar-refractivity contribution in [2.24, 2.45) is 0 Å². The van der Waals surface area contributed by atoms with E-state index in [1.165, 1.54) is 17.8 Å². The van der Waals surface area contributed by atoms with Gasteiger partial charge in [-0.25, -0.2) is 4.39 Å². The van der Waals surface area contributed by atoms with E-state index in [-0.39, 0.29) is 17.9 Å². The van der Waals surface area contributed by atoms with Gasteiger partial charge in [0.25, 0.3) is 0 Å². The lowest BCUT2D eigenvalue weighted by molar-refractivity contribution is 0.340. The van der Waals surface area contributed by atoms with Crippen LogP contribution in [0.1, 0.15) is 44.1 Å². The van der Waals surface area contributed by atoms with Crippen LogP contribution in [0.15, 0.2) is 42.6 Å². The Balaban J connectivity index is 1.99. The molecule has 112 valence electrons. The van der Waals surface area contributed by atoms with Crippen molar-refractivity contribution in [3.63, 3.8) is 0 Å². The minimum absolute atomic E-state index is 0.0483. The van der Waals surface area contributed by atoms with Crippen LogP contribution in [0.3, 0.4) is 0 Å². The van der Waals surface area contributed by atoms with Crippen molar-refractivity contribution in [3.05, 3.63) is 59.7 Å². The maximum atomic E-state index is 12.9. The Bertz CT molecular complexity index is 554. The van der Waals surface area contributed by atoms with Crippen molar-refractivity contribution >= 4 is 0 Å². The molecule has 0 spiro atoms. The Morgan fingerprint density at radius 1 is 1.10 bits per heavy atom. The number of hydrogen-bond donors (Lipinski definition) is 1. The quantitative estimate of drug-likeness (QED) is 0.871. The molecule has 21 heavy (non-hydrogen) atoms. The van der Waals surface area contributed by atoms with Crippen molar-refractivity contribution in [1.82, 2.24) is 10.3 Å². The molecule has 2 unspecified atom stereocenters. The van der Waals surface area contributed by atoms with E-state index in [0.29, 0.717) is 6.61 Å². The molecule has 2 rings (SSSR count). The van der Waals surface area contributed by atoms with Crippen molar-refractivity contribution in [1.29, 1.82) is 0 Å². The Morgan fingerprint density at radius 2 is 1.81 bits per heavy atom. The highest BCUT2D eigenvalue weighted by atomic mass is 19.1. The molecule has 3 nitrogen and oxygen atoms in total. The summed E-state index contributed by atoms with van der Waals surface area (Å²) < 4.78 is 18.3. The van der Waals surface area contributed by atoms with Crippen LogP contribution in [0.25, 0.3) is 0 Å². The van der Waals surface area contributed by atoms with Crippen LogP contribution in [0.4, 0.5) is 4.39 Å². The Hall–Kier alpha value is -1.94. The summed E-state index contributed by atoms with van der Waals surface area (Å²) in [6.45, 7) is 6.75. The zero-order chi connectivity index (χ0) is 15.2. The van der Waals surface area contributed by atoms with Crippen molar-refractivity contribution in [2.75, 3.05) is 6.61 Å². The predicted molar refractivity (Wildman–Crippen MR) is 81.8 cm³/mol. The Labute approximate surface area is 125 Å². The van der Waals surface area contributed by atoms with Crippen LogP contribution in [0.2, 0.25) is 0 Å². The summed E-state index contributed by atoms with van der Waals surface area (Å²) >= 11 is 0. The smallest absolute Gasteiger partial charge is 0.141 e. The van der Waals surface area contributed by atoms with Crippen LogP contribution in [-0.4, -0.2) is 11.6 Å². The molecule has 1 aromatic carbocycles. The maximum absolute atomic E-state index is 12.9. The monoisotopic (exact) mass is 288 g/mol. The van der Waals surface area contributed by atoms with Crippen molar-refractivity contribution in [3.8, 4) is 5.75 Å². The highest BCUT2D eigenvalue weighted by Crippen LogP contribution is 2.21. The standard InChI is InChI=1S/C17H21FN2O/c1-4-21-16-8-5-14(6-9-16)12(2)20-13(3)17-10-7-15(18)11-19-17/h5-13,20H,4H2,1-3H3. The molecule has 2 aromatic rings. The first kappa shape index (κ1) is 15.4. The molecule has 0 aliphatic carbocycles. The van der Waals surface area contributed by atoms with E-state index in [9.17, 15) is 4.39 Å². The van der Waals surface area contributed by atoms with E-state index in [1.54, 1.807) is 6.07 Å². The zero-order valence-electron chi connectivity index (χ0n) is 12.6. The van der Waals surface area contributed by atoms with Crippen LogP contribution in [0, 0.1) is 5.82 Å². The lowest BCUT2D eigenvalue weighted by Gasteiger charge is -2.20. The van der Waals surface area contributed by atoms with Crippen LogP contribution in [0.5, 0.6) is 5.75 Å². The molecule has 1 N–H and O–H groups in total. The fraction of sp³-hybridized carbons (Fsp3) is 0.353. The molecule has 4 heteroatoms. The highest BCUT2D eigenvalue weighted by molar-refractivity contribution is 5.29. The molecule has 0 radical (unpaired) electrons. The number of halogens is 1. The fourth-order valence-electron chi connectivity index (χ4n) is 2.22. The van der Waals surface area contributed by atoms with Gasteiger partial charge < -0.3 is 10.1 Å². The number of hydrogen-bond acceptors (Lipinski definition) is 3. The van der Waals surface area contributed by atoms with Gasteiger partial charge in [-0.15, -0.1) is 0 Å². The van der Waals surface area contributed by atoms with Gasteiger partial charge in [-0.05, 0) is 50.6 Å². The first-order valence-corrected chi connectivity index (χ1v) is 7.20. The van der Waals surface area contributed by atoms with E-state index < -0.39 is 0 Å². The third-order valence-corrected chi connectivity index (χ3v) is 3.39. The summed E-state index contributed by atoms with van der Waals surface area (Å²) in [5.41, 5.74) is 2.00. The van der Waals surface area contributed by atoms with Gasteiger partial charge in [0.2, 0.25) is 0 Å². The molecule has 0 bridgehead atoms. The highest BCUT2D eigenvalue weighted by Gasteiger charge is 2.12. The number of benzene rings is 1. The van der Waals surface area contributed by atoms with Gasteiger partial charge in [0.1, 0.15) is 11.6 Å².